The Bertz CT molecular complexity index is 525. The third kappa shape index (κ3) is 3.09. The summed E-state index contributed by atoms with van der Waals surface area (Å²) in [5.74, 6) is -2.07. The van der Waals surface area contributed by atoms with Crippen molar-refractivity contribution in [1.82, 2.24) is 4.90 Å². The molecule has 0 saturated carbocycles. The molecular weight excluding hydrogens is 275 g/mol. The van der Waals surface area contributed by atoms with Crippen LogP contribution in [0.2, 0.25) is 0 Å². The zero-order chi connectivity index (χ0) is 14.9. The molecule has 108 valence electrons. The van der Waals surface area contributed by atoms with Gasteiger partial charge in [-0.2, -0.15) is 13.2 Å². The van der Waals surface area contributed by atoms with E-state index in [1.807, 2.05) is 0 Å². The SMILES string of the molecule is O=C(O)C1CC(=O)N(Cc2ccc(C(F)(F)F)cc2)C1. The number of benzene rings is 1. The molecule has 7 heteroatoms. The Labute approximate surface area is 112 Å². The van der Waals surface area contributed by atoms with Crippen molar-refractivity contribution < 1.29 is 27.9 Å². The van der Waals surface area contributed by atoms with Crippen LogP contribution < -0.4 is 0 Å². The quantitative estimate of drug-likeness (QED) is 0.926. The lowest BCUT2D eigenvalue weighted by molar-refractivity contribution is -0.141. The molecule has 1 aromatic carbocycles. The average Bonchev–Trinajstić information content (AvgIpc) is 2.71. The molecule has 1 N–H and O–H groups in total. The highest BCUT2D eigenvalue weighted by Crippen LogP contribution is 2.29. The number of aliphatic carboxylic acids is 1. The van der Waals surface area contributed by atoms with Crippen LogP contribution in [0.5, 0.6) is 0 Å². The van der Waals surface area contributed by atoms with Crippen LogP contribution in [-0.2, 0) is 22.3 Å². The second kappa shape index (κ2) is 5.15. The Morgan fingerprint density at radius 2 is 1.90 bits per heavy atom. The van der Waals surface area contributed by atoms with Gasteiger partial charge in [0.05, 0.1) is 11.5 Å². The van der Waals surface area contributed by atoms with Crippen molar-refractivity contribution in [2.75, 3.05) is 6.54 Å². The average molecular weight is 287 g/mol. The first-order valence-electron chi connectivity index (χ1n) is 5.94. The van der Waals surface area contributed by atoms with Crippen LogP contribution in [0.1, 0.15) is 17.5 Å². The zero-order valence-corrected chi connectivity index (χ0v) is 10.4. The van der Waals surface area contributed by atoms with E-state index in [9.17, 15) is 22.8 Å². The number of hydrogen-bond donors (Lipinski definition) is 1. The van der Waals surface area contributed by atoms with Gasteiger partial charge in [0.2, 0.25) is 5.91 Å². The molecule has 1 aliphatic rings. The van der Waals surface area contributed by atoms with Gasteiger partial charge in [0.25, 0.3) is 0 Å². The topological polar surface area (TPSA) is 57.6 Å². The van der Waals surface area contributed by atoms with Crippen LogP contribution >= 0.6 is 0 Å². The van der Waals surface area contributed by atoms with Crippen LogP contribution in [0, 0.1) is 5.92 Å². The van der Waals surface area contributed by atoms with Gasteiger partial charge in [0.15, 0.2) is 0 Å². The maximum atomic E-state index is 12.4. The number of hydrogen-bond acceptors (Lipinski definition) is 2. The van der Waals surface area contributed by atoms with Crippen molar-refractivity contribution >= 4 is 11.9 Å². The minimum absolute atomic E-state index is 0.0596. The molecule has 0 aromatic heterocycles. The van der Waals surface area contributed by atoms with Crippen molar-refractivity contribution in [1.29, 1.82) is 0 Å². The van der Waals surface area contributed by atoms with E-state index in [1.165, 1.54) is 17.0 Å². The summed E-state index contributed by atoms with van der Waals surface area (Å²) in [5, 5.41) is 8.84. The number of nitrogens with zero attached hydrogens (tertiary/aromatic N) is 1. The molecule has 1 fully saturated rings. The van der Waals surface area contributed by atoms with Crippen LogP contribution in [0.4, 0.5) is 13.2 Å². The van der Waals surface area contributed by atoms with Gasteiger partial charge in [-0.05, 0) is 17.7 Å². The number of carbonyl (C=O) groups is 2. The molecule has 1 aromatic rings. The van der Waals surface area contributed by atoms with Gasteiger partial charge >= 0.3 is 12.1 Å². The number of alkyl halides is 3. The fourth-order valence-electron chi connectivity index (χ4n) is 2.11. The smallest absolute Gasteiger partial charge is 0.416 e. The third-order valence-corrected chi connectivity index (χ3v) is 3.22. The lowest BCUT2D eigenvalue weighted by Crippen LogP contribution is -2.25. The van der Waals surface area contributed by atoms with Gasteiger partial charge in [0, 0.05) is 19.5 Å². The highest BCUT2D eigenvalue weighted by Gasteiger charge is 2.34. The number of carboxylic acids is 1. The molecule has 1 aliphatic heterocycles. The maximum absolute atomic E-state index is 12.4. The van der Waals surface area contributed by atoms with Gasteiger partial charge in [-0.1, -0.05) is 12.1 Å². The summed E-state index contributed by atoms with van der Waals surface area (Å²) in [6.07, 6.45) is -4.45. The standard InChI is InChI=1S/C13H12F3NO3/c14-13(15,16)10-3-1-8(2-4-10)6-17-7-9(12(19)20)5-11(17)18/h1-4,9H,5-7H2,(H,19,20). The second-order valence-electron chi connectivity index (χ2n) is 4.71. The first kappa shape index (κ1) is 14.4. The summed E-state index contributed by atoms with van der Waals surface area (Å²) in [7, 11) is 0. The van der Waals surface area contributed by atoms with Gasteiger partial charge in [0.1, 0.15) is 0 Å². The summed E-state index contributed by atoms with van der Waals surface area (Å²) in [4.78, 5) is 23.7. The Morgan fingerprint density at radius 3 is 2.35 bits per heavy atom. The summed E-state index contributed by atoms with van der Waals surface area (Å²) < 4.78 is 37.2. The molecule has 4 nitrogen and oxygen atoms in total. The molecule has 2 rings (SSSR count). The number of likely N-dealkylation sites (tertiary alicyclic amines) is 1. The zero-order valence-electron chi connectivity index (χ0n) is 10.4. The van der Waals surface area contributed by atoms with E-state index in [0.717, 1.165) is 12.1 Å². The number of carboxylic acid groups (broad SMARTS) is 1. The molecule has 1 atom stereocenters. The van der Waals surface area contributed by atoms with Crippen molar-refractivity contribution in [3.05, 3.63) is 35.4 Å². The molecule has 1 amide bonds. The van der Waals surface area contributed by atoms with E-state index in [1.54, 1.807) is 0 Å². The maximum Gasteiger partial charge on any atom is 0.416 e. The van der Waals surface area contributed by atoms with E-state index in [2.05, 4.69) is 0 Å². The molecule has 0 radical (unpaired) electrons. The van der Waals surface area contributed by atoms with Crippen LogP contribution in [0.3, 0.4) is 0 Å². The lowest BCUT2D eigenvalue weighted by atomic mass is 10.1. The molecule has 1 heterocycles. The van der Waals surface area contributed by atoms with Gasteiger partial charge in [-0.15, -0.1) is 0 Å². The van der Waals surface area contributed by atoms with E-state index in [4.69, 9.17) is 5.11 Å². The largest absolute Gasteiger partial charge is 0.481 e. The monoisotopic (exact) mass is 287 g/mol. The van der Waals surface area contributed by atoms with Crippen LogP contribution in [-0.4, -0.2) is 28.4 Å². The van der Waals surface area contributed by atoms with Crippen molar-refractivity contribution in [2.24, 2.45) is 5.92 Å². The molecule has 20 heavy (non-hydrogen) atoms. The predicted molar refractivity (Wildman–Crippen MR) is 62.6 cm³/mol. The van der Waals surface area contributed by atoms with E-state index in [0.29, 0.717) is 5.56 Å². The fraction of sp³-hybridized carbons (Fsp3) is 0.385. The summed E-state index contributed by atoms with van der Waals surface area (Å²) in [6, 6.07) is 4.49. The minimum atomic E-state index is -4.39. The first-order valence-corrected chi connectivity index (χ1v) is 5.94. The van der Waals surface area contributed by atoms with Crippen molar-refractivity contribution in [3.8, 4) is 0 Å². The van der Waals surface area contributed by atoms with Crippen molar-refractivity contribution in [2.45, 2.75) is 19.1 Å². The number of halogens is 3. The van der Waals surface area contributed by atoms with E-state index < -0.39 is 23.6 Å². The fourth-order valence-corrected chi connectivity index (χ4v) is 2.11. The molecule has 0 spiro atoms. The molecule has 1 saturated heterocycles. The number of rotatable bonds is 3. The summed E-state index contributed by atoms with van der Waals surface area (Å²) >= 11 is 0. The van der Waals surface area contributed by atoms with Crippen LogP contribution in [0.25, 0.3) is 0 Å². The van der Waals surface area contributed by atoms with Gasteiger partial charge in [-0.25, -0.2) is 0 Å². The Hall–Kier alpha value is -2.05. The van der Waals surface area contributed by atoms with E-state index >= 15 is 0 Å². The first-order chi connectivity index (χ1) is 9.27. The lowest BCUT2D eigenvalue weighted by Gasteiger charge is -2.16. The molecule has 1 unspecified atom stereocenters. The Morgan fingerprint density at radius 1 is 1.30 bits per heavy atom. The molecule has 0 aliphatic carbocycles. The van der Waals surface area contributed by atoms with Crippen LogP contribution in [0.15, 0.2) is 24.3 Å². The summed E-state index contributed by atoms with van der Waals surface area (Å²) in [6.45, 7) is 0.218. The second-order valence-corrected chi connectivity index (χ2v) is 4.71. The highest BCUT2D eigenvalue weighted by molar-refractivity contribution is 5.86. The van der Waals surface area contributed by atoms with Gasteiger partial charge < -0.3 is 10.0 Å². The third-order valence-electron chi connectivity index (χ3n) is 3.22. The minimum Gasteiger partial charge on any atom is -0.481 e. The van der Waals surface area contributed by atoms with E-state index in [-0.39, 0.29) is 25.4 Å². The Balaban J connectivity index is 2.04. The highest BCUT2D eigenvalue weighted by atomic mass is 19.4. The van der Waals surface area contributed by atoms with Gasteiger partial charge in [-0.3, -0.25) is 9.59 Å². The predicted octanol–water partition coefficient (Wildman–Crippen LogP) is 2.14. The number of amides is 1. The molecular formula is C13H12F3NO3. The molecule has 0 bridgehead atoms. The Kier molecular flexibility index (Phi) is 3.69. The summed E-state index contributed by atoms with van der Waals surface area (Å²) in [5.41, 5.74) is -0.213. The number of carbonyl (C=O) groups excluding carboxylic acids is 1. The normalized spacial score (nSPS) is 19.4. The van der Waals surface area contributed by atoms with Crippen molar-refractivity contribution in [3.63, 3.8) is 0 Å².